The van der Waals surface area contributed by atoms with Crippen molar-refractivity contribution in [1.29, 1.82) is 0 Å². The first-order chi connectivity index (χ1) is 9.63. The molecule has 6 heteroatoms. The molecule has 1 aromatic rings. The highest BCUT2D eigenvalue weighted by atomic mass is 16.3. The van der Waals surface area contributed by atoms with Gasteiger partial charge in [-0.15, -0.1) is 0 Å². The number of anilines is 1. The highest BCUT2D eigenvalue weighted by Crippen LogP contribution is 2.27. The maximum absolute atomic E-state index is 9.57. The average molecular weight is 280 g/mol. The second-order valence-electron chi connectivity index (χ2n) is 5.61. The van der Waals surface area contributed by atoms with Crippen molar-refractivity contribution >= 4 is 5.82 Å². The van der Waals surface area contributed by atoms with E-state index in [0.29, 0.717) is 12.5 Å². The molecule has 112 valence electrons. The van der Waals surface area contributed by atoms with Crippen LogP contribution in [0, 0.1) is 18.8 Å². The molecule has 0 unspecified atom stereocenters. The van der Waals surface area contributed by atoms with E-state index in [0.717, 1.165) is 31.1 Å². The van der Waals surface area contributed by atoms with Gasteiger partial charge in [0.1, 0.15) is 12.1 Å². The quantitative estimate of drug-likeness (QED) is 0.749. The molecular weight excluding hydrogens is 256 g/mol. The van der Waals surface area contributed by atoms with Crippen molar-refractivity contribution in [2.45, 2.75) is 6.92 Å². The van der Waals surface area contributed by atoms with Gasteiger partial charge in [0.15, 0.2) is 0 Å². The van der Waals surface area contributed by atoms with Gasteiger partial charge in [-0.2, -0.15) is 0 Å². The number of hydrogen-bond donors (Lipinski definition) is 2. The Labute approximate surface area is 120 Å². The summed E-state index contributed by atoms with van der Waals surface area (Å²) in [7, 11) is 2.00. The summed E-state index contributed by atoms with van der Waals surface area (Å²) in [5.74, 6) is 1.58. The normalized spacial score (nSPS) is 22.8. The van der Waals surface area contributed by atoms with Gasteiger partial charge in [0.25, 0.3) is 0 Å². The lowest BCUT2D eigenvalue weighted by atomic mass is 9.96. The third-order valence-corrected chi connectivity index (χ3v) is 3.95. The second kappa shape index (κ2) is 6.97. The van der Waals surface area contributed by atoms with E-state index in [2.05, 4.69) is 19.8 Å². The van der Waals surface area contributed by atoms with E-state index in [1.165, 1.54) is 0 Å². The van der Waals surface area contributed by atoms with Crippen LogP contribution in [0.3, 0.4) is 0 Å². The minimum atomic E-state index is 0.168. The summed E-state index contributed by atoms with van der Waals surface area (Å²) in [6, 6.07) is 1.98. The maximum Gasteiger partial charge on any atom is 0.132 e. The van der Waals surface area contributed by atoms with Crippen molar-refractivity contribution in [2.75, 3.05) is 51.3 Å². The zero-order valence-corrected chi connectivity index (χ0v) is 12.2. The number of nitrogens with zero attached hydrogens (tertiary/aromatic N) is 4. The van der Waals surface area contributed by atoms with E-state index in [-0.39, 0.29) is 19.1 Å². The molecule has 0 amide bonds. The molecule has 0 spiro atoms. The molecule has 0 aromatic carbocycles. The van der Waals surface area contributed by atoms with Gasteiger partial charge in [0, 0.05) is 50.5 Å². The van der Waals surface area contributed by atoms with Gasteiger partial charge in [-0.05, 0) is 19.9 Å². The monoisotopic (exact) mass is 280 g/mol. The lowest BCUT2D eigenvalue weighted by molar-refractivity contribution is 0.160. The maximum atomic E-state index is 9.57. The van der Waals surface area contributed by atoms with Crippen molar-refractivity contribution in [3.8, 4) is 0 Å². The van der Waals surface area contributed by atoms with Gasteiger partial charge in [0.2, 0.25) is 0 Å². The van der Waals surface area contributed by atoms with Crippen LogP contribution in [0.4, 0.5) is 5.82 Å². The molecule has 2 atom stereocenters. The topological polar surface area (TPSA) is 72.7 Å². The fourth-order valence-electron chi connectivity index (χ4n) is 2.82. The fraction of sp³-hybridized carbons (Fsp3) is 0.714. The second-order valence-corrected chi connectivity index (χ2v) is 5.61. The third-order valence-electron chi connectivity index (χ3n) is 3.95. The lowest BCUT2D eigenvalue weighted by Crippen LogP contribution is -2.33. The number of hydrogen-bond acceptors (Lipinski definition) is 6. The molecule has 1 aliphatic rings. The molecule has 0 saturated carbocycles. The van der Waals surface area contributed by atoms with Crippen molar-refractivity contribution < 1.29 is 10.2 Å². The Hall–Kier alpha value is -1.24. The van der Waals surface area contributed by atoms with E-state index in [1.807, 2.05) is 20.0 Å². The summed E-state index contributed by atoms with van der Waals surface area (Å²) >= 11 is 0. The minimum Gasteiger partial charge on any atom is -0.396 e. The van der Waals surface area contributed by atoms with Crippen LogP contribution in [0.2, 0.25) is 0 Å². The molecule has 20 heavy (non-hydrogen) atoms. The summed E-state index contributed by atoms with van der Waals surface area (Å²) in [4.78, 5) is 12.8. The molecule has 0 aliphatic carbocycles. The first-order valence-electron chi connectivity index (χ1n) is 7.08. The predicted octanol–water partition coefficient (Wildman–Crippen LogP) is -0.246. The van der Waals surface area contributed by atoms with Crippen molar-refractivity contribution in [2.24, 2.45) is 11.8 Å². The number of aromatic nitrogens is 2. The van der Waals surface area contributed by atoms with Crippen LogP contribution < -0.4 is 4.90 Å². The lowest BCUT2D eigenvalue weighted by Gasteiger charge is -2.23. The fourth-order valence-corrected chi connectivity index (χ4v) is 2.82. The molecule has 6 nitrogen and oxygen atoms in total. The molecule has 2 rings (SSSR count). The summed E-state index contributed by atoms with van der Waals surface area (Å²) in [6.07, 6.45) is 1.59. The van der Waals surface area contributed by atoms with Gasteiger partial charge >= 0.3 is 0 Å². The van der Waals surface area contributed by atoms with E-state index in [1.54, 1.807) is 6.33 Å². The number of likely N-dealkylation sites (N-methyl/N-ethyl adjacent to an activating group) is 1. The molecule has 1 fully saturated rings. The number of aliphatic hydroxyl groups is 2. The van der Waals surface area contributed by atoms with Gasteiger partial charge in [0.05, 0.1) is 6.61 Å². The summed E-state index contributed by atoms with van der Waals surface area (Å²) in [5, 5.41) is 18.5. The van der Waals surface area contributed by atoms with Crippen molar-refractivity contribution in [3.63, 3.8) is 0 Å². The van der Waals surface area contributed by atoms with E-state index < -0.39 is 0 Å². The minimum absolute atomic E-state index is 0.168. The van der Waals surface area contributed by atoms with Crippen LogP contribution >= 0.6 is 0 Å². The SMILES string of the molecule is Cc1cc(N2C[C@@H](CN(C)CCO)[C@@H](CO)C2)ncn1. The summed E-state index contributed by atoms with van der Waals surface area (Å²) < 4.78 is 0. The molecule has 2 N–H and O–H groups in total. The van der Waals surface area contributed by atoms with Gasteiger partial charge in [-0.25, -0.2) is 9.97 Å². The zero-order chi connectivity index (χ0) is 14.5. The number of aryl methyl sites for hydroxylation is 1. The van der Waals surface area contributed by atoms with Crippen LogP contribution in [0.25, 0.3) is 0 Å². The van der Waals surface area contributed by atoms with Crippen molar-refractivity contribution in [1.82, 2.24) is 14.9 Å². The molecule has 1 aliphatic heterocycles. The first kappa shape index (κ1) is 15.2. The highest BCUT2D eigenvalue weighted by Gasteiger charge is 2.33. The Kier molecular flexibility index (Phi) is 5.28. The van der Waals surface area contributed by atoms with Gasteiger partial charge in [-0.3, -0.25) is 0 Å². The molecule has 1 aromatic heterocycles. The van der Waals surface area contributed by atoms with Crippen LogP contribution in [-0.4, -0.2) is 71.5 Å². The largest absolute Gasteiger partial charge is 0.396 e. The zero-order valence-electron chi connectivity index (χ0n) is 12.2. The summed E-state index contributed by atoms with van der Waals surface area (Å²) in [6.45, 7) is 5.58. The smallest absolute Gasteiger partial charge is 0.132 e. The Balaban J connectivity index is 2.02. The van der Waals surface area contributed by atoms with Crippen LogP contribution in [0.5, 0.6) is 0 Å². The van der Waals surface area contributed by atoms with Crippen LogP contribution in [0.15, 0.2) is 12.4 Å². The Morgan fingerprint density at radius 3 is 2.70 bits per heavy atom. The Morgan fingerprint density at radius 2 is 2.05 bits per heavy atom. The average Bonchev–Trinajstić information content (AvgIpc) is 2.82. The number of rotatable bonds is 6. The molecule has 0 radical (unpaired) electrons. The predicted molar refractivity (Wildman–Crippen MR) is 77.6 cm³/mol. The van der Waals surface area contributed by atoms with Gasteiger partial charge < -0.3 is 20.0 Å². The van der Waals surface area contributed by atoms with E-state index in [9.17, 15) is 5.11 Å². The van der Waals surface area contributed by atoms with Crippen LogP contribution in [-0.2, 0) is 0 Å². The summed E-state index contributed by atoms with van der Waals surface area (Å²) in [5.41, 5.74) is 0.955. The molecular formula is C14H24N4O2. The van der Waals surface area contributed by atoms with Gasteiger partial charge in [-0.1, -0.05) is 0 Å². The first-order valence-corrected chi connectivity index (χ1v) is 7.08. The van der Waals surface area contributed by atoms with E-state index >= 15 is 0 Å². The van der Waals surface area contributed by atoms with Crippen LogP contribution in [0.1, 0.15) is 5.69 Å². The number of aliphatic hydroxyl groups excluding tert-OH is 2. The standard InChI is InChI=1S/C14H24N4O2/c1-11-5-14(16-10-15-11)18-7-12(13(8-18)9-20)6-17(2)3-4-19/h5,10,12-13,19-20H,3-4,6-9H2,1-2H3/t12-,13-/m1/s1. The molecule has 2 heterocycles. The Bertz CT molecular complexity index is 429. The third kappa shape index (κ3) is 3.65. The Morgan fingerprint density at radius 1 is 1.30 bits per heavy atom. The molecule has 0 bridgehead atoms. The van der Waals surface area contributed by atoms with Crippen molar-refractivity contribution in [3.05, 3.63) is 18.1 Å². The molecule has 1 saturated heterocycles. The van der Waals surface area contributed by atoms with E-state index in [4.69, 9.17) is 5.11 Å². The highest BCUT2D eigenvalue weighted by molar-refractivity contribution is 5.40.